The van der Waals surface area contributed by atoms with Crippen molar-refractivity contribution in [3.8, 4) is 0 Å². The molecule has 2 heterocycles. The van der Waals surface area contributed by atoms with Crippen LogP contribution in [0.3, 0.4) is 0 Å². The van der Waals surface area contributed by atoms with Gasteiger partial charge in [0, 0.05) is 18.8 Å². The van der Waals surface area contributed by atoms with Crippen LogP contribution in [0.25, 0.3) is 11.0 Å². The summed E-state index contributed by atoms with van der Waals surface area (Å²) in [6.07, 6.45) is -4.75. The number of alkyl halides is 3. The highest BCUT2D eigenvalue weighted by Crippen LogP contribution is 2.37. The fraction of sp³-hybridized carbons (Fsp3) is 0.385. The largest absolute Gasteiger partial charge is 0.465 e. The zero-order chi connectivity index (χ0) is 28.6. The van der Waals surface area contributed by atoms with Crippen LogP contribution in [0.4, 0.5) is 23.7 Å². The molecule has 0 spiro atoms. The average molecular weight is 567 g/mol. The van der Waals surface area contributed by atoms with E-state index < -0.39 is 47.1 Å². The van der Waals surface area contributed by atoms with Crippen LogP contribution in [0.15, 0.2) is 41.2 Å². The van der Waals surface area contributed by atoms with Gasteiger partial charge in [0.2, 0.25) is 5.91 Å². The molecule has 0 bridgehead atoms. The first-order valence-electron chi connectivity index (χ1n) is 12.3. The second-order valence-corrected chi connectivity index (χ2v) is 9.22. The Morgan fingerprint density at radius 2 is 1.69 bits per heavy atom. The van der Waals surface area contributed by atoms with Gasteiger partial charge in [-0.05, 0) is 50.6 Å². The van der Waals surface area contributed by atoms with E-state index >= 15 is 0 Å². The topological polar surface area (TPSA) is 93.8 Å². The molecule has 1 saturated heterocycles. The molecule has 1 fully saturated rings. The number of hydrogen-bond acceptors (Lipinski definition) is 5. The number of aryl methyl sites for hydroxylation is 2. The third-order valence-electron chi connectivity index (χ3n) is 6.62. The van der Waals surface area contributed by atoms with Crippen molar-refractivity contribution in [3.05, 3.63) is 63.0 Å². The quantitative estimate of drug-likeness (QED) is 0.306. The van der Waals surface area contributed by atoms with Gasteiger partial charge in [0.05, 0.1) is 41.3 Å². The molecule has 3 aromatic rings. The fourth-order valence-corrected chi connectivity index (χ4v) is 5.02. The number of benzene rings is 2. The summed E-state index contributed by atoms with van der Waals surface area (Å²) in [5, 5.41) is -0.648. The molecule has 3 amide bonds. The van der Waals surface area contributed by atoms with Gasteiger partial charge >= 0.3 is 23.9 Å². The third kappa shape index (κ3) is 5.00. The molecule has 1 aliphatic heterocycles. The number of halogens is 4. The van der Waals surface area contributed by atoms with E-state index in [0.29, 0.717) is 34.7 Å². The monoisotopic (exact) mass is 566 g/mol. The van der Waals surface area contributed by atoms with Gasteiger partial charge in [0.25, 0.3) is 0 Å². The molecule has 0 saturated carbocycles. The maximum Gasteiger partial charge on any atom is 0.417 e. The number of hydrogen-bond donors (Lipinski definition) is 0. The lowest BCUT2D eigenvalue weighted by Gasteiger charge is -2.37. The van der Waals surface area contributed by atoms with E-state index in [1.807, 2.05) is 6.92 Å². The van der Waals surface area contributed by atoms with Gasteiger partial charge in [-0.2, -0.15) is 13.2 Å². The van der Waals surface area contributed by atoms with Crippen molar-refractivity contribution in [2.75, 3.05) is 18.1 Å². The third-order valence-corrected chi connectivity index (χ3v) is 7.07. The second kappa shape index (κ2) is 10.8. The van der Waals surface area contributed by atoms with E-state index in [-0.39, 0.29) is 24.4 Å². The van der Waals surface area contributed by atoms with Crippen molar-refractivity contribution >= 4 is 46.2 Å². The van der Waals surface area contributed by atoms with E-state index in [4.69, 9.17) is 16.3 Å². The molecule has 1 aromatic heterocycles. The van der Waals surface area contributed by atoms with Gasteiger partial charge in [-0.3, -0.25) is 28.5 Å². The van der Waals surface area contributed by atoms with Crippen molar-refractivity contribution in [3.63, 3.8) is 0 Å². The SMILES string of the molecule is CCOC(=O)C1CN(c2ccc3c(c2)n(CC)c(=O)n3CC)C(=O)N(Cc2cccc(C(F)(F)F)c2Cl)C1=O. The minimum atomic E-state index is -4.75. The van der Waals surface area contributed by atoms with Crippen LogP contribution in [-0.2, 0) is 40.1 Å². The number of anilines is 1. The molecule has 13 heteroatoms. The lowest BCUT2D eigenvalue weighted by atomic mass is 10.0. The first kappa shape index (κ1) is 28.2. The number of carbonyl (C=O) groups is 3. The molecule has 1 atom stereocenters. The summed E-state index contributed by atoms with van der Waals surface area (Å²) in [6, 6.07) is 7.20. The first-order valence-corrected chi connectivity index (χ1v) is 12.7. The number of imidazole rings is 1. The summed E-state index contributed by atoms with van der Waals surface area (Å²) < 4.78 is 48.4. The lowest BCUT2D eigenvalue weighted by Crippen LogP contribution is -2.58. The number of aromatic nitrogens is 2. The highest BCUT2D eigenvalue weighted by atomic mass is 35.5. The highest BCUT2D eigenvalue weighted by Gasteiger charge is 2.45. The highest BCUT2D eigenvalue weighted by molar-refractivity contribution is 6.32. The molecule has 9 nitrogen and oxygen atoms in total. The van der Waals surface area contributed by atoms with E-state index in [1.165, 1.54) is 15.5 Å². The summed E-state index contributed by atoms with van der Waals surface area (Å²) in [7, 11) is 0. The van der Waals surface area contributed by atoms with Crippen molar-refractivity contribution in [2.24, 2.45) is 5.92 Å². The van der Waals surface area contributed by atoms with Gasteiger partial charge in [0.15, 0.2) is 5.92 Å². The van der Waals surface area contributed by atoms with Crippen molar-refractivity contribution in [1.82, 2.24) is 14.0 Å². The number of urea groups is 1. The summed E-state index contributed by atoms with van der Waals surface area (Å²) >= 11 is 6.03. The fourth-order valence-electron chi connectivity index (χ4n) is 4.72. The van der Waals surface area contributed by atoms with Crippen LogP contribution >= 0.6 is 11.6 Å². The van der Waals surface area contributed by atoms with Crippen LogP contribution < -0.4 is 10.6 Å². The number of fused-ring (bicyclic) bond motifs is 1. The molecular weight excluding hydrogens is 541 g/mol. The van der Waals surface area contributed by atoms with Crippen LogP contribution in [0.5, 0.6) is 0 Å². The molecule has 0 aliphatic carbocycles. The number of rotatable bonds is 7. The molecule has 39 heavy (non-hydrogen) atoms. The number of amides is 3. The minimum absolute atomic E-state index is 0.0186. The Kier molecular flexibility index (Phi) is 7.78. The number of imide groups is 1. The number of carbonyl (C=O) groups excluding carboxylic acids is 3. The minimum Gasteiger partial charge on any atom is -0.465 e. The van der Waals surface area contributed by atoms with Crippen LogP contribution in [0, 0.1) is 5.92 Å². The smallest absolute Gasteiger partial charge is 0.417 e. The summed E-state index contributed by atoms with van der Waals surface area (Å²) in [5.74, 6) is -3.20. The molecule has 1 unspecified atom stereocenters. The van der Waals surface area contributed by atoms with Crippen molar-refractivity contribution in [2.45, 2.75) is 46.6 Å². The van der Waals surface area contributed by atoms with Crippen molar-refractivity contribution < 1.29 is 32.3 Å². The lowest BCUT2D eigenvalue weighted by molar-refractivity contribution is -0.154. The molecule has 1 aliphatic rings. The maximum absolute atomic E-state index is 13.6. The van der Waals surface area contributed by atoms with Gasteiger partial charge < -0.3 is 4.74 Å². The molecule has 208 valence electrons. The Labute approximate surface area is 226 Å². The number of ether oxygens (including phenoxy) is 1. The molecular formula is C26H26ClF3N4O5. The zero-order valence-electron chi connectivity index (χ0n) is 21.4. The molecule has 0 N–H and O–H groups in total. The Morgan fingerprint density at radius 3 is 2.31 bits per heavy atom. The van der Waals surface area contributed by atoms with E-state index in [0.717, 1.165) is 12.1 Å². The van der Waals surface area contributed by atoms with E-state index in [1.54, 1.807) is 36.6 Å². The Hall–Kier alpha value is -3.80. The van der Waals surface area contributed by atoms with Crippen LogP contribution in [-0.4, -0.2) is 45.1 Å². The molecule has 4 rings (SSSR count). The van der Waals surface area contributed by atoms with E-state index in [2.05, 4.69) is 0 Å². The van der Waals surface area contributed by atoms with Gasteiger partial charge in [-0.15, -0.1) is 0 Å². The molecule has 0 radical (unpaired) electrons. The van der Waals surface area contributed by atoms with Gasteiger partial charge in [-0.25, -0.2) is 9.59 Å². The maximum atomic E-state index is 13.6. The normalized spacial score (nSPS) is 16.3. The predicted octanol–water partition coefficient (Wildman–Crippen LogP) is 4.66. The Morgan fingerprint density at radius 1 is 1.03 bits per heavy atom. The Bertz CT molecular complexity index is 1510. The second-order valence-electron chi connectivity index (χ2n) is 8.84. The number of nitrogens with zero attached hydrogens (tertiary/aromatic N) is 4. The van der Waals surface area contributed by atoms with Crippen LogP contribution in [0.1, 0.15) is 31.9 Å². The standard InChI is InChI=1S/C26H26ClF3N4O5/c1-4-31-19-11-10-16(12-20(19)32(5-2)24(31)37)33-14-17(23(36)39-6-3)22(35)34(25(33)38)13-15-8-7-9-18(21(15)27)26(28,29)30/h7-12,17H,4-6,13-14H2,1-3H3. The number of esters is 1. The summed E-state index contributed by atoms with van der Waals surface area (Å²) in [6.45, 7) is 5.02. The summed E-state index contributed by atoms with van der Waals surface area (Å²) in [4.78, 5) is 54.3. The Balaban J connectivity index is 1.80. The van der Waals surface area contributed by atoms with E-state index in [9.17, 15) is 32.3 Å². The first-order chi connectivity index (χ1) is 18.4. The van der Waals surface area contributed by atoms with Gasteiger partial charge in [0.1, 0.15) is 0 Å². The van der Waals surface area contributed by atoms with Crippen LogP contribution in [0.2, 0.25) is 5.02 Å². The van der Waals surface area contributed by atoms with Gasteiger partial charge in [-0.1, -0.05) is 23.7 Å². The zero-order valence-corrected chi connectivity index (χ0v) is 22.2. The average Bonchev–Trinajstić information content (AvgIpc) is 3.16. The van der Waals surface area contributed by atoms with Crippen molar-refractivity contribution in [1.29, 1.82) is 0 Å². The summed E-state index contributed by atoms with van der Waals surface area (Å²) in [5.41, 5.74) is 0.0334. The predicted molar refractivity (Wildman–Crippen MR) is 137 cm³/mol. The molecule has 2 aromatic carbocycles.